The predicted molar refractivity (Wildman–Crippen MR) is 127 cm³/mol. The number of benzene rings is 2. The molecule has 1 unspecified atom stereocenters. The van der Waals surface area contributed by atoms with Crippen molar-refractivity contribution in [3.05, 3.63) is 48.0 Å². The first kappa shape index (κ1) is 23.1. The summed E-state index contributed by atoms with van der Waals surface area (Å²) in [4.78, 5) is 2.47. The Kier molecular flexibility index (Phi) is 6.70. The zero-order valence-electron chi connectivity index (χ0n) is 18.9. The molecule has 2 aliphatic heterocycles. The van der Waals surface area contributed by atoms with Crippen molar-refractivity contribution >= 4 is 10.0 Å². The number of aromatic nitrogens is 4. The van der Waals surface area contributed by atoms with E-state index in [1.165, 1.54) is 11.6 Å². The first-order valence-electron chi connectivity index (χ1n) is 11.5. The molecule has 0 radical (unpaired) electrons. The van der Waals surface area contributed by atoms with Crippen LogP contribution in [0.25, 0.3) is 22.5 Å². The Morgan fingerprint density at radius 1 is 1.12 bits per heavy atom. The minimum absolute atomic E-state index is 0.0278. The van der Waals surface area contributed by atoms with Crippen molar-refractivity contribution < 1.29 is 13.2 Å². The number of nitrogens with one attached hydrogen (secondary N) is 2. The number of rotatable bonds is 6. The fourth-order valence-electron chi connectivity index (χ4n) is 4.92. The molecule has 2 aliphatic rings. The van der Waals surface area contributed by atoms with Crippen LogP contribution in [-0.4, -0.2) is 79.4 Å². The molecule has 180 valence electrons. The highest BCUT2D eigenvalue weighted by molar-refractivity contribution is 7.89. The topological polar surface area (TPSA) is 139 Å². The van der Waals surface area contributed by atoms with E-state index in [9.17, 15) is 8.42 Å². The van der Waals surface area contributed by atoms with Crippen LogP contribution in [0.4, 0.5) is 0 Å². The summed E-state index contributed by atoms with van der Waals surface area (Å²) >= 11 is 0. The van der Waals surface area contributed by atoms with Gasteiger partial charge in [0, 0.05) is 19.6 Å². The first-order valence-corrected chi connectivity index (χ1v) is 13.1. The van der Waals surface area contributed by atoms with Gasteiger partial charge in [0.1, 0.15) is 0 Å². The van der Waals surface area contributed by atoms with Gasteiger partial charge in [-0.1, -0.05) is 36.4 Å². The normalized spacial score (nSPS) is 20.4. The number of morpholine rings is 1. The largest absolute Gasteiger partial charge is 0.374 e. The maximum atomic E-state index is 12.2. The lowest BCUT2D eigenvalue weighted by Crippen LogP contribution is -2.47. The van der Waals surface area contributed by atoms with Crippen molar-refractivity contribution in [3.63, 3.8) is 0 Å². The third kappa shape index (κ3) is 5.03. The van der Waals surface area contributed by atoms with Crippen molar-refractivity contribution in [2.45, 2.75) is 29.8 Å². The highest BCUT2D eigenvalue weighted by atomic mass is 32.2. The summed E-state index contributed by atoms with van der Waals surface area (Å²) in [6.07, 6.45) is 2.49. The zero-order chi connectivity index (χ0) is 23.5. The van der Waals surface area contributed by atoms with Crippen molar-refractivity contribution in [2.24, 2.45) is 5.14 Å². The Morgan fingerprint density at radius 3 is 2.56 bits per heavy atom. The van der Waals surface area contributed by atoms with E-state index in [1.807, 2.05) is 18.2 Å². The molecule has 5 rings (SSSR count). The van der Waals surface area contributed by atoms with Gasteiger partial charge in [-0.25, -0.2) is 13.6 Å². The number of nitrogens with zero attached hydrogens (tertiary/aromatic N) is 4. The Morgan fingerprint density at radius 2 is 1.91 bits per heavy atom. The van der Waals surface area contributed by atoms with Gasteiger partial charge in [-0.05, 0) is 59.8 Å². The zero-order valence-corrected chi connectivity index (χ0v) is 19.7. The van der Waals surface area contributed by atoms with Crippen molar-refractivity contribution in [1.29, 1.82) is 0 Å². The highest BCUT2D eigenvalue weighted by Gasteiger charge is 2.25. The van der Waals surface area contributed by atoms with Crippen LogP contribution in [0.5, 0.6) is 0 Å². The number of nitrogens with two attached hydrogens (primary N) is 1. The molecule has 11 heteroatoms. The van der Waals surface area contributed by atoms with Crippen LogP contribution in [-0.2, 0) is 14.8 Å². The van der Waals surface area contributed by atoms with Gasteiger partial charge < -0.3 is 15.0 Å². The van der Waals surface area contributed by atoms with Gasteiger partial charge >= 0.3 is 0 Å². The van der Waals surface area contributed by atoms with Gasteiger partial charge in [-0.3, -0.25) is 0 Å². The van der Waals surface area contributed by atoms with E-state index >= 15 is 0 Å². The van der Waals surface area contributed by atoms with Crippen LogP contribution in [0, 0.1) is 0 Å². The molecule has 0 aliphatic carbocycles. The number of likely N-dealkylation sites (tertiary alicyclic amines) is 1. The average Bonchev–Trinajstić information content (AvgIpc) is 3.39. The Bertz CT molecular complexity index is 1200. The molecule has 2 fully saturated rings. The summed E-state index contributed by atoms with van der Waals surface area (Å²) in [6, 6.07) is 13.3. The minimum atomic E-state index is -3.97. The number of hydrogen-bond donors (Lipinski definition) is 3. The first-order chi connectivity index (χ1) is 16.5. The fourth-order valence-corrected chi connectivity index (χ4v) is 5.67. The van der Waals surface area contributed by atoms with Gasteiger partial charge in [-0.2, -0.15) is 5.21 Å². The predicted octanol–water partition coefficient (Wildman–Crippen LogP) is 1.35. The van der Waals surface area contributed by atoms with E-state index in [-0.39, 0.29) is 16.8 Å². The van der Waals surface area contributed by atoms with Gasteiger partial charge in [0.15, 0.2) is 0 Å². The summed E-state index contributed by atoms with van der Waals surface area (Å²) in [7, 11) is -3.97. The van der Waals surface area contributed by atoms with E-state index < -0.39 is 10.0 Å². The minimum Gasteiger partial charge on any atom is -0.374 e. The standard InChI is InChI=1S/C23H29N7O3S/c24-34(31,32)21-3-1-2-20(22(21)23-26-28-29-27-23)18-6-4-16(5-7-18)17-8-11-30(12-9-17)15-19-14-25-10-13-33-19/h1-7,17,19,25H,8-15H2,(H2,24,31,32)(H,26,27,28,29). The third-order valence-corrected chi connectivity index (χ3v) is 7.60. The van der Waals surface area contributed by atoms with Crippen LogP contribution in [0.1, 0.15) is 24.3 Å². The van der Waals surface area contributed by atoms with Crippen LogP contribution in [0.2, 0.25) is 0 Å². The average molecular weight is 484 g/mol. The number of sulfonamides is 1. The van der Waals surface area contributed by atoms with E-state index in [0.717, 1.165) is 57.7 Å². The monoisotopic (exact) mass is 483 g/mol. The molecule has 2 saturated heterocycles. The number of H-pyrrole nitrogens is 1. The second-order valence-corrected chi connectivity index (χ2v) is 10.4. The lowest BCUT2D eigenvalue weighted by molar-refractivity contribution is 0.00129. The van der Waals surface area contributed by atoms with Gasteiger partial charge in [0.05, 0.1) is 23.2 Å². The molecule has 4 N–H and O–H groups in total. The Hall–Kier alpha value is -2.70. The molecule has 3 heterocycles. The number of hydrogen-bond acceptors (Lipinski definition) is 8. The van der Waals surface area contributed by atoms with Gasteiger partial charge in [0.25, 0.3) is 0 Å². The number of piperidine rings is 1. The quantitative estimate of drug-likeness (QED) is 0.477. The second-order valence-electron chi connectivity index (χ2n) is 8.85. The van der Waals surface area contributed by atoms with E-state index in [1.54, 1.807) is 6.07 Å². The molecule has 0 bridgehead atoms. The van der Waals surface area contributed by atoms with Crippen molar-refractivity contribution in [1.82, 2.24) is 30.8 Å². The summed E-state index contributed by atoms with van der Waals surface area (Å²) in [5, 5.41) is 22.8. The van der Waals surface area contributed by atoms with Crippen molar-refractivity contribution in [3.8, 4) is 22.5 Å². The van der Waals surface area contributed by atoms with Crippen LogP contribution < -0.4 is 10.5 Å². The summed E-state index contributed by atoms with van der Waals surface area (Å²) < 4.78 is 30.3. The molecule has 3 aromatic rings. The van der Waals surface area contributed by atoms with Gasteiger partial charge in [-0.15, -0.1) is 10.2 Å². The molecular weight excluding hydrogens is 454 g/mol. The summed E-state index contributed by atoms with van der Waals surface area (Å²) in [5.41, 5.74) is 3.20. The molecule has 0 spiro atoms. The third-order valence-electron chi connectivity index (χ3n) is 6.65. The molecule has 1 atom stereocenters. The van der Waals surface area contributed by atoms with Crippen molar-refractivity contribution in [2.75, 3.05) is 39.3 Å². The number of aromatic amines is 1. The van der Waals surface area contributed by atoms with E-state index in [2.05, 4.69) is 43.0 Å². The number of ether oxygens (including phenoxy) is 1. The molecular formula is C23H29N7O3S. The number of tetrazole rings is 1. The van der Waals surface area contributed by atoms with Crippen LogP contribution in [0.15, 0.2) is 47.4 Å². The summed E-state index contributed by atoms with van der Waals surface area (Å²) in [6.45, 7) is 5.77. The lowest BCUT2D eigenvalue weighted by atomic mass is 9.88. The molecule has 0 amide bonds. The second kappa shape index (κ2) is 9.88. The maximum Gasteiger partial charge on any atom is 0.238 e. The van der Waals surface area contributed by atoms with Crippen LogP contribution in [0.3, 0.4) is 0 Å². The Balaban J connectivity index is 1.32. The molecule has 34 heavy (non-hydrogen) atoms. The smallest absolute Gasteiger partial charge is 0.238 e. The molecule has 10 nitrogen and oxygen atoms in total. The molecule has 0 saturated carbocycles. The van der Waals surface area contributed by atoms with E-state index in [0.29, 0.717) is 17.0 Å². The molecule has 2 aromatic carbocycles. The van der Waals surface area contributed by atoms with Gasteiger partial charge in [0.2, 0.25) is 15.8 Å². The maximum absolute atomic E-state index is 12.2. The Labute approximate surface area is 198 Å². The lowest BCUT2D eigenvalue weighted by Gasteiger charge is -2.35. The van der Waals surface area contributed by atoms with E-state index in [4.69, 9.17) is 9.88 Å². The highest BCUT2D eigenvalue weighted by Crippen LogP contribution is 2.36. The molecule has 1 aromatic heterocycles. The SMILES string of the molecule is NS(=O)(=O)c1cccc(-c2ccc(C3CCN(CC4CNCCO4)CC3)cc2)c1-c1nn[nH]n1. The summed E-state index contributed by atoms with van der Waals surface area (Å²) in [5.74, 6) is 0.691. The van der Waals surface area contributed by atoms with Crippen LogP contribution >= 0.6 is 0 Å². The number of primary sulfonamides is 1. The fraction of sp³-hybridized carbons (Fsp3) is 0.435.